The van der Waals surface area contributed by atoms with Crippen LogP contribution in [0.25, 0.3) is 0 Å². The summed E-state index contributed by atoms with van der Waals surface area (Å²) in [5, 5.41) is 21.8. The number of carbonyl (C=O) groups excluding carboxylic acids is 3. The average molecular weight is 649 g/mol. The van der Waals surface area contributed by atoms with E-state index < -0.39 is 73.2 Å². The maximum atomic E-state index is 13.4. The van der Waals surface area contributed by atoms with Crippen LogP contribution in [-0.2, 0) is 33.2 Å². The van der Waals surface area contributed by atoms with E-state index in [9.17, 15) is 24.6 Å². The number of hydrogen-bond donors (Lipinski definition) is 2. The number of benzene rings is 3. The van der Waals surface area contributed by atoms with Crippen LogP contribution in [0.2, 0.25) is 0 Å². The minimum atomic E-state index is -1.53. The molecule has 0 aromatic heterocycles. The van der Waals surface area contributed by atoms with Gasteiger partial charge >= 0.3 is 17.9 Å². The predicted octanol–water partition coefficient (Wildman–Crippen LogP) is 3.07. The van der Waals surface area contributed by atoms with Gasteiger partial charge in [0.2, 0.25) is 0 Å². The lowest BCUT2D eigenvalue weighted by molar-refractivity contribution is -0.341. The Kier molecular flexibility index (Phi) is 11.5. The Morgan fingerprint density at radius 1 is 0.723 bits per heavy atom. The number of rotatable bonds is 11. The molecule has 9 atom stereocenters. The highest BCUT2D eigenvalue weighted by Gasteiger charge is 2.52. The third-order valence-corrected chi connectivity index (χ3v) is 7.60. The maximum Gasteiger partial charge on any atom is 0.338 e. The summed E-state index contributed by atoms with van der Waals surface area (Å²) in [6, 6.07) is 24.3. The van der Waals surface area contributed by atoms with E-state index in [1.54, 1.807) is 73.7 Å². The van der Waals surface area contributed by atoms with Crippen LogP contribution in [0.1, 0.15) is 38.0 Å². The van der Waals surface area contributed by atoms with Crippen molar-refractivity contribution in [1.29, 1.82) is 0 Å². The number of aliphatic hydroxyl groups excluding tert-OH is 2. The number of aliphatic hydroxyl groups is 2. The third-order valence-electron chi connectivity index (χ3n) is 7.60. The molecule has 0 radical (unpaired) electrons. The Morgan fingerprint density at radius 3 is 1.72 bits per heavy atom. The lowest BCUT2D eigenvalue weighted by atomic mass is 9.98. The standard InChI is InChI=1S/C35H36O12/c1-3-19-41-34-27(37)26(36)28(21(2)43-34)47-35-30(46-33(40)24-17-11-6-12-18-24)29(45-32(39)23-15-9-5-10-16-23)25(20-42-35)44-31(38)22-13-7-4-8-14-22/h3-18,21,25-30,34-37H,1,19-20H2,2H3/t21-,25-,26-,27+,28-,29+,30-,34+,35+/m0/s1. The first-order valence-corrected chi connectivity index (χ1v) is 15.1. The fourth-order valence-corrected chi connectivity index (χ4v) is 5.19. The van der Waals surface area contributed by atoms with Crippen LogP contribution >= 0.6 is 0 Å². The highest BCUT2D eigenvalue weighted by Crippen LogP contribution is 2.32. The molecule has 0 aliphatic carbocycles. The summed E-state index contributed by atoms with van der Waals surface area (Å²) in [7, 11) is 0. The summed E-state index contributed by atoms with van der Waals surface area (Å²) >= 11 is 0. The molecule has 3 aromatic rings. The second kappa shape index (κ2) is 15.9. The van der Waals surface area contributed by atoms with E-state index in [-0.39, 0.29) is 29.9 Å². The number of esters is 3. The van der Waals surface area contributed by atoms with Crippen LogP contribution in [0.5, 0.6) is 0 Å². The largest absolute Gasteiger partial charge is 0.452 e. The highest BCUT2D eigenvalue weighted by atomic mass is 16.7. The molecule has 0 saturated carbocycles. The predicted molar refractivity (Wildman–Crippen MR) is 164 cm³/mol. The normalized spacial score (nSPS) is 28.9. The first-order valence-electron chi connectivity index (χ1n) is 15.1. The lowest BCUT2D eigenvalue weighted by Gasteiger charge is -2.45. The van der Waals surface area contributed by atoms with Gasteiger partial charge < -0.3 is 43.4 Å². The van der Waals surface area contributed by atoms with Gasteiger partial charge in [0.25, 0.3) is 0 Å². The van der Waals surface area contributed by atoms with Gasteiger partial charge in [0, 0.05) is 0 Å². The molecule has 248 valence electrons. The molecular weight excluding hydrogens is 612 g/mol. The van der Waals surface area contributed by atoms with Gasteiger partial charge in [0.1, 0.15) is 18.3 Å². The molecule has 0 spiro atoms. The maximum absolute atomic E-state index is 13.4. The number of ether oxygens (including phenoxy) is 7. The fraction of sp³-hybridized carbons (Fsp3) is 0.343. The van der Waals surface area contributed by atoms with E-state index in [1.165, 1.54) is 30.3 Å². The summed E-state index contributed by atoms with van der Waals surface area (Å²) < 4.78 is 40.9. The van der Waals surface area contributed by atoms with Gasteiger partial charge in [-0.05, 0) is 43.3 Å². The molecule has 12 nitrogen and oxygen atoms in total. The Hall–Kier alpha value is -4.43. The van der Waals surface area contributed by atoms with Gasteiger partial charge in [0.05, 0.1) is 36.0 Å². The molecule has 12 heteroatoms. The van der Waals surface area contributed by atoms with Gasteiger partial charge in [0.15, 0.2) is 30.9 Å². The summed E-state index contributed by atoms with van der Waals surface area (Å²) in [5.74, 6) is -2.33. The first-order chi connectivity index (χ1) is 22.8. The van der Waals surface area contributed by atoms with Crippen molar-refractivity contribution in [3.8, 4) is 0 Å². The molecule has 0 unspecified atom stereocenters. The Bertz CT molecular complexity index is 1480. The average Bonchev–Trinajstić information content (AvgIpc) is 3.10. The zero-order valence-electron chi connectivity index (χ0n) is 25.5. The molecule has 2 aliphatic rings. The van der Waals surface area contributed by atoms with Crippen molar-refractivity contribution in [1.82, 2.24) is 0 Å². The van der Waals surface area contributed by atoms with Crippen LogP contribution in [0.4, 0.5) is 0 Å². The van der Waals surface area contributed by atoms with Crippen LogP contribution < -0.4 is 0 Å². The minimum absolute atomic E-state index is 0.0630. The topological polar surface area (TPSA) is 156 Å². The number of carbonyl (C=O) groups is 3. The second-order valence-electron chi connectivity index (χ2n) is 10.9. The zero-order chi connectivity index (χ0) is 33.3. The van der Waals surface area contributed by atoms with E-state index in [4.69, 9.17) is 33.2 Å². The van der Waals surface area contributed by atoms with Crippen LogP contribution in [0.3, 0.4) is 0 Å². The molecule has 2 N–H and O–H groups in total. The third kappa shape index (κ3) is 8.30. The lowest BCUT2D eigenvalue weighted by Crippen LogP contribution is -2.63. The van der Waals surface area contributed by atoms with Crippen LogP contribution in [0, 0.1) is 0 Å². The molecule has 0 amide bonds. The van der Waals surface area contributed by atoms with Crippen molar-refractivity contribution < 1.29 is 57.8 Å². The number of hydrogen-bond acceptors (Lipinski definition) is 12. The van der Waals surface area contributed by atoms with E-state index >= 15 is 0 Å². The Morgan fingerprint density at radius 2 is 1.21 bits per heavy atom. The summed E-state index contributed by atoms with van der Waals surface area (Å²) in [6.07, 6.45) is -10.5. The smallest absolute Gasteiger partial charge is 0.338 e. The summed E-state index contributed by atoms with van der Waals surface area (Å²) in [6.45, 7) is 4.88. The van der Waals surface area contributed by atoms with Gasteiger partial charge in [-0.25, -0.2) is 14.4 Å². The van der Waals surface area contributed by atoms with E-state index in [2.05, 4.69) is 6.58 Å². The molecular formula is C35H36O12. The van der Waals surface area contributed by atoms with Crippen molar-refractivity contribution in [2.24, 2.45) is 0 Å². The van der Waals surface area contributed by atoms with Crippen molar-refractivity contribution >= 4 is 17.9 Å². The molecule has 2 heterocycles. The molecule has 2 aliphatic heterocycles. The molecule has 2 saturated heterocycles. The molecule has 3 aromatic carbocycles. The van der Waals surface area contributed by atoms with E-state index in [0.29, 0.717) is 0 Å². The first kappa shape index (κ1) is 33.9. The van der Waals surface area contributed by atoms with Crippen LogP contribution in [-0.4, -0.2) is 96.6 Å². The zero-order valence-corrected chi connectivity index (χ0v) is 25.5. The van der Waals surface area contributed by atoms with E-state index in [1.807, 2.05) is 0 Å². The minimum Gasteiger partial charge on any atom is -0.452 e. The molecule has 5 rings (SSSR count). The second-order valence-corrected chi connectivity index (χ2v) is 10.9. The van der Waals surface area contributed by atoms with Crippen molar-refractivity contribution in [3.63, 3.8) is 0 Å². The van der Waals surface area contributed by atoms with Crippen molar-refractivity contribution in [2.75, 3.05) is 13.2 Å². The summed E-state index contributed by atoms with van der Waals surface area (Å²) in [5.41, 5.74) is 0.598. The molecule has 0 bridgehead atoms. The van der Waals surface area contributed by atoms with Gasteiger partial charge in [-0.2, -0.15) is 0 Å². The molecule has 47 heavy (non-hydrogen) atoms. The van der Waals surface area contributed by atoms with Gasteiger partial charge in [-0.1, -0.05) is 60.7 Å². The Balaban J connectivity index is 1.46. The van der Waals surface area contributed by atoms with Crippen molar-refractivity contribution in [3.05, 3.63) is 120 Å². The highest BCUT2D eigenvalue weighted by molar-refractivity contribution is 5.91. The molecule has 2 fully saturated rings. The quantitative estimate of drug-likeness (QED) is 0.178. The van der Waals surface area contributed by atoms with Crippen LogP contribution in [0.15, 0.2) is 104 Å². The Labute approximate surface area is 271 Å². The van der Waals surface area contributed by atoms with E-state index in [0.717, 1.165) is 0 Å². The fourth-order valence-electron chi connectivity index (χ4n) is 5.19. The van der Waals surface area contributed by atoms with Gasteiger partial charge in [-0.3, -0.25) is 0 Å². The van der Waals surface area contributed by atoms with Gasteiger partial charge in [-0.15, -0.1) is 6.58 Å². The summed E-state index contributed by atoms with van der Waals surface area (Å²) in [4.78, 5) is 39.9. The van der Waals surface area contributed by atoms with Crippen molar-refractivity contribution in [2.45, 2.75) is 62.2 Å². The monoisotopic (exact) mass is 648 g/mol. The SMILES string of the molecule is C=CCO[C@@H]1O[C@@H](C)[C@H](O[C@H]2OC[C@H](OC(=O)c3ccccc3)[C@@H](OC(=O)c3ccccc3)[C@@H]2OC(=O)c2ccccc2)[C@@H](O)[C@H]1O.